The normalized spacial score (nSPS) is 34.3. The number of hydrogen-bond acceptors (Lipinski definition) is 8. The Morgan fingerprint density at radius 3 is 2.56 bits per heavy atom. The van der Waals surface area contributed by atoms with Crippen LogP contribution in [0.4, 0.5) is 0 Å². The number of ether oxygens (including phenoxy) is 2. The number of ketones is 2. The van der Waals surface area contributed by atoms with E-state index < -0.39 is 40.9 Å². The van der Waals surface area contributed by atoms with Gasteiger partial charge in [0.2, 0.25) is 11.7 Å². The predicted molar refractivity (Wildman–Crippen MR) is 158 cm³/mol. The predicted octanol–water partition coefficient (Wildman–Crippen LogP) is 3.26. The number of hydrogen-bond donors (Lipinski definition) is 3. The molecule has 232 valence electrons. The Balaban J connectivity index is 1.12. The van der Waals surface area contributed by atoms with Gasteiger partial charge < -0.3 is 25.0 Å². The van der Waals surface area contributed by atoms with Gasteiger partial charge in [0, 0.05) is 29.7 Å². The third kappa shape index (κ3) is 5.69. The summed E-state index contributed by atoms with van der Waals surface area (Å²) < 4.78 is 10.4. The molecule has 43 heavy (non-hydrogen) atoms. The van der Waals surface area contributed by atoms with Crippen LogP contribution in [0, 0.1) is 28.6 Å². The van der Waals surface area contributed by atoms with E-state index in [4.69, 9.17) is 9.47 Å². The second kappa shape index (κ2) is 12.0. The van der Waals surface area contributed by atoms with Crippen molar-refractivity contribution in [3.05, 3.63) is 53.6 Å². The number of esters is 1. The van der Waals surface area contributed by atoms with E-state index in [0.717, 1.165) is 29.7 Å². The van der Waals surface area contributed by atoms with Crippen molar-refractivity contribution < 1.29 is 38.9 Å². The molecule has 1 amide bonds. The summed E-state index contributed by atoms with van der Waals surface area (Å²) in [5.74, 6) is -0.805. The number of methoxy groups -OCH3 is 1. The Kier molecular flexibility index (Phi) is 8.69. The quantitative estimate of drug-likeness (QED) is 0.352. The van der Waals surface area contributed by atoms with E-state index in [9.17, 15) is 29.4 Å². The Hall–Kier alpha value is -3.30. The van der Waals surface area contributed by atoms with Crippen molar-refractivity contribution in [1.82, 2.24) is 5.32 Å². The van der Waals surface area contributed by atoms with Gasteiger partial charge in [-0.25, -0.2) is 0 Å². The number of amides is 1. The SMILES string of the molecule is COc1ccc(CCNC(=O)CCC(=O)OCC(=O)[C@@]2(O)CC[C@H]3[C@H]4CCC5=CC(=O)C=C[C@]5(C)[C@H]4[C@@H](O)C[C@@]32C)cc1. The maximum atomic E-state index is 13.4. The van der Waals surface area contributed by atoms with Gasteiger partial charge in [-0.2, -0.15) is 0 Å². The number of fused-ring (bicyclic) bond motifs is 5. The Labute approximate surface area is 252 Å². The van der Waals surface area contributed by atoms with Crippen LogP contribution in [0.1, 0.15) is 64.4 Å². The summed E-state index contributed by atoms with van der Waals surface area (Å²) in [6, 6.07) is 7.55. The van der Waals surface area contributed by atoms with Crippen LogP contribution < -0.4 is 10.1 Å². The molecule has 0 aromatic heterocycles. The number of Topliss-reactive ketones (excluding diaryl/α,β-unsaturated/α-hetero) is 1. The number of aliphatic hydroxyl groups is 2. The molecule has 0 bridgehead atoms. The average molecular weight is 594 g/mol. The number of aliphatic hydroxyl groups excluding tert-OH is 1. The third-order valence-corrected chi connectivity index (χ3v) is 10.9. The van der Waals surface area contributed by atoms with Crippen LogP contribution in [0.25, 0.3) is 0 Å². The van der Waals surface area contributed by atoms with Crippen LogP contribution in [0.5, 0.6) is 5.75 Å². The van der Waals surface area contributed by atoms with Crippen molar-refractivity contribution in [3.63, 3.8) is 0 Å². The number of nitrogens with one attached hydrogen (secondary N) is 1. The zero-order valence-electron chi connectivity index (χ0n) is 25.3. The first-order valence-electron chi connectivity index (χ1n) is 15.3. The van der Waals surface area contributed by atoms with E-state index in [0.29, 0.717) is 19.4 Å². The maximum absolute atomic E-state index is 13.4. The molecule has 0 heterocycles. The Bertz CT molecular complexity index is 1330. The van der Waals surface area contributed by atoms with Gasteiger partial charge in [0.1, 0.15) is 11.4 Å². The van der Waals surface area contributed by atoms with Gasteiger partial charge in [0.05, 0.1) is 19.6 Å². The van der Waals surface area contributed by atoms with Crippen LogP contribution in [0.15, 0.2) is 48.1 Å². The van der Waals surface area contributed by atoms with Crippen LogP contribution in [0.2, 0.25) is 0 Å². The Morgan fingerprint density at radius 2 is 1.84 bits per heavy atom. The lowest BCUT2D eigenvalue weighted by Crippen LogP contribution is -2.61. The lowest BCUT2D eigenvalue weighted by atomic mass is 9.46. The number of rotatable bonds is 10. The molecule has 3 saturated carbocycles. The van der Waals surface area contributed by atoms with Gasteiger partial charge in [-0.1, -0.05) is 37.6 Å². The van der Waals surface area contributed by atoms with E-state index in [-0.39, 0.29) is 55.1 Å². The van der Waals surface area contributed by atoms with Gasteiger partial charge in [-0.3, -0.25) is 19.2 Å². The second-order valence-electron chi connectivity index (χ2n) is 13.1. The molecule has 9 heteroatoms. The zero-order chi connectivity index (χ0) is 31.0. The fourth-order valence-corrected chi connectivity index (χ4v) is 8.57. The summed E-state index contributed by atoms with van der Waals surface area (Å²) in [6.45, 7) is 3.81. The first-order valence-corrected chi connectivity index (χ1v) is 15.3. The molecule has 0 aliphatic heterocycles. The standard InChI is InChI=1S/C34H43NO8/c1-32-15-12-23(36)18-22(32)6-9-25-26-13-16-34(41,33(26,2)19-27(37)31(25)32)28(38)20-43-30(40)11-10-29(39)35-17-14-21-4-7-24(42-3)8-5-21/h4-5,7-8,12,15,18,25-27,31,37,41H,6,9-11,13-14,16-17,19-20H2,1-3H3,(H,35,39)/t25-,26+,27+,31-,32+,33+,34+/m1/s1. The van der Waals surface area contributed by atoms with E-state index in [2.05, 4.69) is 12.2 Å². The molecule has 9 nitrogen and oxygen atoms in total. The summed E-state index contributed by atoms with van der Waals surface area (Å²) >= 11 is 0. The molecule has 0 unspecified atom stereocenters. The van der Waals surface area contributed by atoms with Gasteiger partial charge >= 0.3 is 5.97 Å². The van der Waals surface area contributed by atoms with Crippen LogP contribution in [-0.4, -0.2) is 65.6 Å². The minimum Gasteiger partial charge on any atom is -0.497 e. The Morgan fingerprint density at radius 1 is 1.09 bits per heavy atom. The van der Waals surface area contributed by atoms with E-state index in [1.807, 2.05) is 37.3 Å². The highest BCUT2D eigenvalue weighted by Crippen LogP contribution is 2.67. The molecule has 0 radical (unpaired) electrons. The first kappa shape index (κ1) is 31.1. The lowest BCUT2D eigenvalue weighted by Gasteiger charge is -2.59. The molecular weight excluding hydrogens is 550 g/mol. The van der Waals surface area contributed by atoms with E-state index in [1.54, 1.807) is 19.3 Å². The summed E-state index contributed by atoms with van der Waals surface area (Å²) in [4.78, 5) is 50.1. The monoisotopic (exact) mass is 593 g/mol. The number of allylic oxidation sites excluding steroid dienone is 4. The second-order valence-corrected chi connectivity index (χ2v) is 13.1. The maximum Gasteiger partial charge on any atom is 0.306 e. The van der Waals surface area contributed by atoms with E-state index >= 15 is 0 Å². The van der Waals surface area contributed by atoms with Gasteiger partial charge in [0.25, 0.3) is 0 Å². The first-order chi connectivity index (χ1) is 20.4. The summed E-state index contributed by atoms with van der Waals surface area (Å²) in [5, 5.41) is 26.1. The molecule has 5 rings (SSSR count). The van der Waals surface area contributed by atoms with Crippen molar-refractivity contribution in [2.45, 2.75) is 76.9 Å². The highest BCUT2D eigenvalue weighted by atomic mass is 16.5. The van der Waals surface area contributed by atoms with Gasteiger partial charge in [-0.15, -0.1) is 0 Å². The van der Waals surface area contributed by atoms with Crippen molar-refractivity contribution in [2.75, 3.05) is 20.3 Å². The van der Waals surface area contributed by atoms with Crippen molar-refractivity contribution in [2.24, 2.45) is 28.6 Å². The fraction of sp³-hybridized carbons (Fsp3) is 0.588. The van der Waals surface area contributed by atoms with Gasteiger partial charge in [0.15, 0.2) is 12.4 Å². The third-order valence-electron chi connectivity index (χ3n) is 10.9. The summed E-state index contributed by atoms with van der Waals surface area (Å²) in [7, 11) is 1.60. The topological polar surface area (TPSA) is 139 Å². The smallest absolute Gasteiger partial charge is 0.306 e. The van der Waals surface area contributed by atoms with Gasteiger partial charge in [-0.05, 0) is 80.2 Å². The molecule has 7 atom stereocenters. The minimum atomic E-state index is -1.72. The summed E-state index contributed by atoms with van der Waals surface area (Å²) in [6.07, 6.45) is 7.50. The molecule has 4 aliphatic carbocycles. The number of benzene rings is 1. The van der Waals surface area contributed by atoms with Crippen molar-refractivity contribution >= 4 is 23.4 Å². The van der Waals surface area contributed by atoms with Crippen LogP contribution in [-0.2, 0) is 30.3 Å². The largest absolute Gasteiger partial charge is 0.497 e. The van der Waals surface area contributed by atoms with Crippen LogP contribution in [0.3, 0.4) is 0 Å². The minimum absolute atomic E-state index is 0.0107. The fourth-order valence-electron chi connectivity index (χ4n) is 8.57. The lowest BCUT2D eigenvalue weighted by molar-refractivity contribution is -0.181. The van der Waals surface area contributed by atoms with Crippen molar-refractivity contribution in [1.29, 1.82) is 0 Å². The highest BCUT2D eigenvalue weighted by molar-refractivity contribution is 6.01. The molecule has 3 fully saturated rings. The molecular formula is C34H43NO8. The molecule has 1 aromatic carbocycles. The molecule has 3 N–H and O–H groups in total. The molecule has 0 saturated heterocycles. The van der Waals surface area contributed by atoms with Crippen molar-refractivity contribution in [3.8, 4) is 5.75 Å². The highest BCUT2D eigenvalue weighted by Gasteiger charge is 2.68. The number of carbonyl (C=O) groups excluding carboxylic acids is 4. The molecule has 4 aliphatic rings. The average Bonchev–Trinajstić information content (AvgIpc) is 3.25. The van der Waals surface area contributed by atoms with E-state index in [1.165, 1.54) is 0 Å². The number of carbonyl (C=O) groups is 4. The van der Waals surface area contributed by atoms with Crippen LogP contribution >= 0.6 is 0 Å². The zero-order valence-corrected chi connectivity index (χ0v) is 25.3. The molecule has 1 aromatic rings. The molecule has 0 spiro atoms. The summed E-state index contributed by atoms with van der Waals surface area (Å²) in [5.41, 5.74) is -0.932.